The quantitative estimate of drug-likeness (QED) is 0.713. The van der Waals surface area contributed by atoms with Crippen molar-refractivity contribution in [1.29, 1.82) is 5.26 Å². The van der Waals surface area contributed by atoms with Crippen LogP contribution in [0.3, 0.4) is 0 Å². The summed E-state index contributed by atoms with van der Waals surface area (Å²) in [6, 6.07) is 10.5. The van der Waals surface area contributed by atoms with E-state index in [1.165, 1.54) is 17.3 Å². The Bertz CT molecular complexity index is 905. The molecule has 29 heavy (non-hydrogen) atoms. The molecule has 0 spiro atoms. The summed E-state index contributed by atoms with van der Waals surface area (Å²) in [5.74, 6) is 0.572. The summed E-state index contributed by atoms with van der Waals surface area (Å²) in [5.41, 5.74) is 1.44. The molecule has 2 aromatic rings. The Hall–Kier alpha value is -2.33. The van der Waals surface area contributed by atoms with Crippen LogP contribution in [-0.4, -0.2) is 31.5 Å². The van der Waals surface area contributed by atoms with Gasteiger partial charge >= 0.3 is 0 Å². The van der Waals surface area contributed by atoms with Crippen LogP contribution >= 0.6 is 11.8 Å². The van der Waals surface area contributed by atoms with Gasteiger partial charge in [-0.25, -0.2) is 0 Å². The highest BCUT2D eigenvalue weighted by Gasteiger charge is 2.32. The second-order valence-electron chi connectivity index (χ2n) is 8.91. The van der Waals surface area contributed by atoms with Crippen LogP contribution in [0.2, 0.25) is 0 Å². The molecule has 7 heteroatoms. The van der Waals surface area contributed by atoms with Crippen LogP contribution in [0.1, 0.15) is 54.0 Å². The number of nitriles is 1. The van der Waals surface area contributed by atoms with Crippen molar-refractivity contribution in [3.63, 3.8) is 0 Å². The minimum atomic E-state index is -0.897. The number of nitrogens with one attached hydrogen (secondary N) is 1. The molecule has 0 aliphatic carbocycles. The molecule has 1 N–H and O–H groups in total. The van der Waals surface area contributed by atoms with Crippen molar-refractivity contribution < 1.29 is 4.79 Å². The number of amides is 1. The Morgan fingerprint density at radius 2 is 1.72 bits per heavy atom. The summed E-state index contributed by atoms with van der Waals surface area (Å²) in [4.78, 5) is 12.6. The van der Waals surface area contributed by atoms with Crippen LogP contribution in [-0.2, 0) is 17.3 Å². The lowest BCUT2D eigenvalue weighted by Gasteiger charge is -2.28. The molecule has 0 radical (unpaired) electrons. The van der Waals surface area contributed by atoms with Crippen LogP contribution in [0.15, 0.2) is 29.4 Å². The fraction of sp³-hybridized carbons (Fsp3) is 0.545. The smallest absolute Gasteiger partial charge is 0.234 e. The number of hydrogen-bond acceptors (Lipinski definition) is 5. The van der Waals surface area contributed by atoms with E-state index in [0.29, 0.717) is 5.16 Å². The number of nitrogens with zero attached hydrogens (tertiary/aromatic N) is 4. The summed E-state index contributed by atoms with van der Waals surface area (Å²) < 4.78 is 1.90. The molecule has 1 aromatic carbocycles. The average Bonchev–Trinajstić information content (AvgIpc) is 3.01. The first-order valence-corrected chi connectivity index (χ1v) is 10.7. The molecule has 1 aromatic heterocycles. The van der Waals surface area contributed by atoms with E-state index in [1.807, 2.05) is 32.4 Å². The number of hydrogen-bond donors (Lipinski definition) is 1. The molecule has 0 saturated carbocycles. The van der Waals surface area contributed by atoms with E-state index in [-0.39, 0.29) is 17.2 Å². The summed E-state index contributed by atoms with van der Waals surface area (Å²) in [7, 11) is 1.90. The summed E-state index contributed by atoms with van der Waals surface area (Å²) in [6.45, 7) is 13.9. The molecule has 1 amide bonds. The number of carbonyl (C=O) groups excluding carboxylic acids is 1. The van der Waals surface area contributed by atoms with Crippen LogP contribution in [0.5, 0.6) is 0 Å². The van der Waals surface area contributed by atoms with Gasteiger partial charge in [-0.15, -0.1) is 10.2 Å². The Kier molecular flexibility index (Phi) is 6.79. The fourth-order valence-corrected chi connectivity index (χ4v) is 3.47. The SMILES string of the molecule is CC(C)[C@@](C)(C#N)NC(=O)[C@H](C)Sc1nnc(-c2ccc(C(C)(C)C)cc2)n1C. The molecule has 156 valence electrons. The van der Waals surface area contributed by atoms with Gasteiger partial charge in [0.2, 0.25) is 5.91 Å². The van der Waals surface area contributed by atoms with E-state index >= 15 is 0 Å². The van der Waals surface area contributed by atoms with Crippen molar-refractivity contribution >= 4 is 17.7 Å². The van der Waals surface area contributed by atoms with E-state index in [0.717, 1.165) is 11.4 Å². The summed E-state index contributed by atoms with van der Waals surface area (Å²) in [6.07, 6.45) is 0. The third-order valence-corrected chi connectivity index (χ3v) is 6.40. The van der Waals surface area contributed by atoms with Gasteiger partial charge in [0.25, 0.3) is 0 Å². The lowest BCUT2D eigenvalue weighted by molar-refractivity contribution is -0.121. The van der Waals surface area contributed by atoms with Crippen LogP contribution in [0.25, 0.3) is 11.4 Å². The third kappa shape index (κ3) is 5.18. The molecule has 2 rings (SSSR count). The minimum Gasteiger partial charge on any atom is -0.337 e. The molecule has 1 heterocycles. The zero-order chi connectivity index (χ0) is 22.0. The normalized spacial score (nSPS) is 14.9. The topological polar surface area (TPSA) is 83.6 Å². The van der Waals surface area contributed by atoms with Crippen molar-refractivity contribution in [2.45, 2.75) is 69.8 Å². The molecular formula is C22H31N5OS. The number of thioether (sulfide) groups is 1. The van der Waals surface area contributed by atoms with E-state index < -0.39 is 10.8 Å². The van der Waals surface area contributed by atoms with E-state index in [1.54, 1.807) is 6.92 Å². The van der Waals surface area contributed by atoms with Gasteiger partial charge in [0.15, 0.2) is 11.0 Å². The highest BCUT2D eigenvalue weighted by Crippen LogP contribution is 2.28. The first-order valence-electron chi connectivity index (χ1n) is 9.79. The molecule has 0 saturated heterocycles. The van der Waals surface area contributed by atoms with Gasteiger partial charge in [-0.2, -0.15) is 5.26 Å². The van der Waals surface area contributed by atoms with E-state index in [4.69, 9.17) is 0 Å². The lowest BCUT2D eigenvalue weighted by Crippen LogP contribution is -2.51. The highest BCUT2D eigenvalue weighted by atomic mass is 32.2. The van der Waals surface area contributed by atoms with Gasteiger partial charge < -0.3 is 9.88 Å². The maximum absolute atomic E-state index is 12.6. The number of aromatic nitrogens is 3. The number of carbonyl (C=O) groups is 1. The Morgan fingerprint density at radius 3 is 2.21 bits per heavy atom. The van der Waals surface area contributed by atoms with Crippen LogP contribution < -0.4 is 5.32 Å². The Morgan fingerprint density at radius 1 is 1.14 bits per heavy atom. The van der Waals surface area contributed by atoms with Gasteiger partial charge in [0.05, 0.1) is 11.3 Å². The predicted octanol–water partition coefficient (Wildman–Crippen LogP) is 4.31. The molecule has 0 unspecified atom stereocenters. The number of rotatable bonds is 6. The number of benzene rings is 1. The van der Waals surface area contributed by atoms with Gasteiger partial charge in [0, 0.05) is 12.6 Å². The van der Waals surface area contributed by atoms with Crippen LogP contribution in [0, 0.1) is 17.2 Å². The standard InChI is InChI=1S/C22H31N5OS/c1-14(2)22(7,13-23)24-19(28)15(3)29-20-26-25-18(27(20)8)16-9-11-17(12-10-16)21(4,5)6/h9-12,14-15H,1-8H3,(H,24,28)/t15-,22+/m0/s1. The van der Waals surface area contributed by atoms with Crippen molar-refractivity contribution in [3.8, 4) is 17.5 Å². The maximum Gasteiger partial charge on any atom is 0.234 e. The Labute approximate surface area is 178 Å². The molecule has 6 nitrogen and oxygen atoms in total. The van der Waals surface area contributed by atoms with Crippen molar-refractivity contribution in [1.82, 2.24) is 20.1 Å². The molecule has 0 bridgehead atoms. The van der Waals surface area contributed by atoms with Crippen molar-refractivity contribution in [2.24, 2.45) is 13.0 Å². The first kappa shape index (κ1) is 23.0. The van der Waals surface area contributed by atoms with E-state index in [2.05, 4.69) is 66.6 Å². The Balaban J connectivity index is 2.15. The predicted molar refractivity (Wildman–Crippen MR) is 117 cm³/mol. The van der Waals surface area contributed by atoms with Crippen molar-refractivity contribution in [3.05, 3.63) is 29.8 Å². The van der Waals surface area contributed by atoms with Gasteiger partial charge in [0.1, 0.15) is 5.54 Å². The molecule has 0 fully saturated rings. The van der Waals surface area contributed by atoms with Crippen LogP contribution in [0.4, 0.5) is 0 Å². The second-order valence-corrected chi connectivity index (χ2v) is 10.2. The molecule has 2 atom stereocenters. The monoisotopic (exact) mass is 413 g/mol. The summed E-state index contributed by atoms with van der Waals surface area (Å²) in [5, 5.41) is 21.1. The minimum absolute atomic E-state index is 0.00570. The zero-order valence-corrected chi connectivity index (χ0v) is 19.4. The molecule has 0 aliphatic heterocycles. The van der Waals surface area contributed by atoms with Gasteiger partial charge in [-0.1, -0.05) is 70.6 Å². The average molecular weight is 414 g/mol. The van der Waals surface area contributed by atoms with E-state index in [9.17, 15) is 10.1 Å². The molecule has 0 aliphatic rings. The zero-order valence-electron chi connectivity index (χ0n) is 18.6. The van der Waals surface area contributed by atoms with Crippen molar-refractivity contribution in [2.75, 3.05) is 0 Å². The maximum atomic E-state index is 12.6. The summed E-state index contributed by atoms with van der Waals surface area (Å²) >= 11 is 1.33. The molecular weight excluding hydrogens is 382 g/mol. The second kappa shape index (κ2) is 8.58. The largest absolute Gasteiger partial charge is 0.337 e. The first-order chi connectivity index (χ1) is 13.4. The van der Waals surface area contributed by atoms with Gasteiger partial charge in [-0.3, -0.25) is 4.79 Å². The lowest BCUT2D eigenvalue weighted by atomic mass is 9.87. The third-order valence-electron chi connectivity index (χ3n) is 5.27. The highest BCUT2D eigenvalue weighted by molar-refractivity contribution is 8.00. The van der Waals surface area contributed by atoms with Gasteiger partial charge in [-0.05, 0) is 30.7 Å². The fourth-order valence-electron chi connectivity index (χ4n) is 2.66.